The predicted molar refractivity (Wildman–Crippen MR) is 137 cm³/mol. The van der Waals surface area contributed by atoms with Gasteiger partial charge in [0.25, 0.3) is 11.1 Å². The number of amides is 2. The lowest BCUT2D eigenvalue weighted by Crippen LogP contribution is -2.33. The van der Waals surface area contributed by atoms with Gasteiger partial charge in [-0.25, -0.2) is 0 Å². The number of ether oxygens (including phenoxy) is 2. The zero-order chi connectivity index (χ0) is 24.9. The monoisotopic (exact) mass is 527 g/mol. The number of ketones is 1. The highest BCUT2D eigenvalue weighted by Gasteiger charge is 2.36. The normalized spacial score (nSPS) is 14.5. The number of nitrogens with zero attached hydrogens (tertiary/aromatic N) is 1. The first-order valence-corrected chi connectivity index (χ1v) is 12.0. The molecule has 178 valence electrons. The number of benzene rings is 3. The van der Waals surface area contributed by atoms with Gasteiger partial charge < -0.3 is 9.47 Å². The Labute approximate surface area is 216 Å². The maximum atomic E-state index is 12.8. The molecule has 0 radical (unpaired) electrons. The van der Waals surface area contributed by atoms with Crippen LogP contribution in [0.1, 0.15) is 21.5 Å². The molecule has 0 N–H and O–H groups in total. The molecule has 1 fully saturated rings. The predicted octanol–water partition coefficient (Wildman–Crippen LogP) is 6.50. The number of methoxy groups -OCH3 is 1. The SMILES string of the molecule is COc1cc(/C=C2/SC(=O)N(CC(=O)c3ccc(Cl)cc3)C2=O)ccc1OCc1ccccc1Cl. The third kappa shape index (κ3) is 5.88. The lowest BCUT2D eigenvalue weighted by Gasteiger charge is -2.12. The summed E-state index contributed by atoms with van der Waals surface area (Å²) in [6.07, 6.45) is 1.58. The van der Waals surface area contributed by atoms with E-state index in [-0.39, 0.29) is 23.8 Å². The first kappa shape index (κ1) is 24.9. The van der Waals surface area contributed by atoms with Gasteiger partial charge in [-0.15, -0.1) is 0 Å². The fourth-order valence-corrected chi connectivity index (χ4v) is 4.48. The average Bonchev–Trinajstić information content (AvgIpc) is 3.11. The third-order valence-corrected chi connectivity index (χ3v) is 6.70. The van der Waals surface area contributed by atoms with Crippen molar-refractivity contribution in [3.8, 4) is 11.5 Å². The van der Waals surface area contributed by atoms with Crippen molar-refractivity contribution in [3.05, 3.63) is 98.4 Å². The first-order valence-electron chi connectivity index (χ1n) is 10.4. The molecule has 9 heteroatoms. The summed E-state index contributed by atoms with van der Waals surface area (Å²) in [7, 11) is 1.51. The lowest BCUT2D eigenvalue weighted by atomic mass is 10.1. The Kier molecular flexibility index (Phi) is 7.80. The van der Waals surface area contributed by atoms with Gasteiger partial charge in [0.15, 0.2) is 17.3 Å². The van der Waals surface area contributed by atoms with Crippen LogP contribution in [0.4, 0.5) is 4.79 Å². The number of imide groups is 1. The van der Waals surface area contributed by atoms with E-state index >= 15 is 0 Å². The fourth-order valence-electron chi connectivity index (χ4n) is 3.32. The van der Waals surface area contributed by atoms with Crippen LogP contribution in [0.25, 0.3) is 6.08 Å². The number of thioether (sulfide) groups is 1. The number of carbonyl (C=O) groups is 3. The molecule has 0 saturated carbocycles. The molecule has 3 aromatic rings. The first-order chi connectivity index (χ1) is 16.9. The van der Waals surface area contributed by atoms with Crippen LogP contribution in [0, 0.1) is 0 Å². The zero-order valence-electron chi connectivity index (χ0n) is 18.5. The van der Waals surface area contributed by atoms with Crippen LogP contribution in [-0.2, 0) is 11.4 Å². The standard InChI is InChI=1S/C26H19Cl2NO5S/c1-33-23-12-16(6-11-22(23)34-15-18-4-2-3-5-20(18)28)13-24-25(31)29(26(32)35-24)14-21(30)17-7-9-19(27)10-8-17/h2-13H,14-15H2,1H3/b24-13+. The van der Waals surface area contributed by atoms with E-state index in [9.17, 15) is 14.4 Å². The summed E-state index contributed by atoms with van der Waals surface area (Å²) in [6, 6.07) is 18.8. The molecule has 6 nitrogen and oxygen atoms in total. The Morgan fingerprint density at radius 1 is 1.00 bits per heavy atom. The van der Waals surface area contributed by atoms with E-state index in [2.05, 4.69) is 0 Å². The number of halogens is 2. The minimum absolute atomic E-state index is 0.214. The van der Waals surface area contributed by atoms with Gasteiger partial charge >= 0.3 is 0 Å². The number of hydrogen-bond donors (Lipinski definition) is 0. The van der Waals surface area contributed by atoms with E-state index in [4.69, 9.17) is 32.7 Å². The molecule has 1 saturated heterocycles. The van der Waals surface area contributed by atoms with Crippen molar-refractivity contribution in [2.75, 3.05) is 13.7 Å². The summed E-state index contributed by atoms with van der Waals surface area (Å²) in [4.78, 5) is 38.9. The Bertz CT molecular complexity index is 1320. The summed E-state index contributed by atoms with van der Waals surface area (Å²) in [5, 5.41) is 0.593. The maximum Gasteiger partial charge on any atom is 0.293 e. The van der Waals surface area contributed by atoms with Gasteiger partial charge in [0, 0.05) is 21.2 Å². The molecule has 1 aliphatic rings. The largest absolute Gasteiger partial charge is 0.493 e. The zero-order valence-corrected chi connectivity index (χ0v) is 20.8. The van der Waals surface area contributed by atoms with Crippen LogP contribution in [0.5, 0.6) is 11.5 Å². The van der Waals surface area contributed by atoms with Gasteiger partial charge in [0.1, 0.15) is 6.61 Å². The second-order valence-electron chi connectivity index (χ2n) is 7.49. The summed E-state index contributed by atoms with van der Waals surface area (Å²) >= 11 is 12.8. The molecule has 0 spiro atoms. The van der Waals surface area contributed by atoms with Crippen molar-refractivity contribution in [2.24, 2.45) is 0 Å². The number of carbonyl (C=O) groups excluding carboxylic acids is 3. The van der Waals surface area contributed by atoms with Crippen molar-refractivity contribution in [1.82, 2.24) is 4.90 Å². The van der Waals surface area contributed by atoms with Gasteiger partial charge in [0.2, 0.25) is 0 Å². The molecule has 35 heavy (non-hydrogen) atoms. The van der Waals surface area contributed by atoms with Gasteiger partial charge in [0.05, 0.1) is 18.6 Å². The summed E-state index contributed by atoms with van der Waals surface area (Å²) in [6.45, 7) is -0.0856. The molecule has 1 heterocycles. The molecule has 3 aromatic carbocycles. The van der Waals surface area contributed by atoms with E-state index < -0.39 is 11.1 Å². The van der Waals surface area contributed by atoms with Gasteiger partial charge in [-0.1, -0.05) is 47.5 Å². The quantitative estimate of drug-likeness (QED) is 0.246. The number of rotatable bonds is 8. The second-order valence-corrected chi connectivity index (χ2v) is 9.33. The van der Waals surface area contributed by atoms with Gasteiger partial charge in [-0.2, -0.15) is 0 Å². The Morgan fingerprint density at radius 3 is 2.46 bits per heavy atom. The van der Waals surface area contributed by atoms with Crippen LogP contribution >= 0.6 is 35.0 Å². The van der Waals surface area contributed by atoms with Crippen LogP contribution in [0.3, 0.4) is 0 Å². The van der Waals surface area contributed by atoms with Crippen LogP contribution in [0.2, 0.25) is 10.0 Å². The van der Waals surface area contributed by atoms with Crippen molar-refractivity contribution < 1.29 is 23.9 Å². The highest BCUT2D eigenvalue weighted by Crippen LogP contribution is 2.35. The minimum atomic E-state index is -0.527. The van der Waals surface area contributed by atoms with Crippen LogP contribution in [0.15, 0.2) is 71.6 Å². The molecule has 0 atom stereocenters. The smallest absolute Gasteiger partial charge is 0.293 e. The van der Waals surface area contributed by atoms with Crippen LogP contribution in [-0.4, -0.2) is 35.5 Å². The van der Waals surface area contributed by atoms with E-state index in [0.717, 1.165) is 22.2 Å². The van der Waals surface area contributed by atoms with E-state index in [0.29, 0.717) is 32.7 Å². The molecule has 0 aromatic heterocycles. The van der Waals surface area contributed by atoms with Gasteiger partial charge in [-0.3, -0.25) is 19.3 Å². The molecular formula is C26H19Cl2NO5S. The number of Topliss-reactive ketones (excluding diaryl/α,β-unsaturated/α-hetero) is 1. The molecule has 0 aliphatic carbocycles. The maximum absolute atomic E-state index is 12.8. The molecule has 2 amide bonds. The van der Waals surface area contributed by atoms with E-state index in [1.54, 1.807) is 54.6 Å². The van der Waals surface area contributed by atoms with Crippen molar-refractivity contribution >= 4 is 58.0 Å². The van der Waals surface area contributed by atoms with Crippen molar-refractivity contribution in [3.63, 3.8) is 0 Å². The Morgan fingerprint density at radius 2 is 1.74 bits per heavy atom. The molecule has 4 rings (SSSR count). The van der Waals surface area contributed by atoms with Crippen molar-refractivity contribution in [2.45, 2.75) is 6.61 Å². The van der Waals surface area contributed by atoms with Crippen LogP contribution < -0.4 is 9.47 Å². The fraction of sp³-hybridized carbons (Fsp3) is 0.115. The third-order valence-electron chi connectivity index (χ3n) is 5.17. The topological polar surface area (TPSA) is 72.9 Å². The number of hydrogen-bond acceptors (Lipinski definition) is 6. The highest BCUT2D eigenvalue weighted by atomic mass is 35.5. The lowest BCUT2D eigenvalue weighted by molar-refractivity contribution is -0.122. The Balaban J connectivity index is 1.47. The van der Waals surface area contributed by atoms with Crippen molar-refractivity contribution in [1.29, 1.82) is 0 Å². The van der Waals surface area contributed by atoms with E-state index in [1.807, 2.05) is 18.2 Å². The highest BCUT2D eigenvalue weighted by molar-refractivity contribution is 8.18. The Hall–Kier alpha value is -3.26. The molecule has 0 bridgehead atoms. The second kappa shape index (κ2) is 11.0. The molecular weight excluding hydrogens is 509 g/mol. The van der Waals surface area contributed by atoms with E-state index in [1.165, 1.54) is 7.11 Å². The molecule has 1 aliphatic heterocycles. The average molecular weight is 528 g/mol. The van der Waals surface area contributed by atoms with Gasteiger partial charge in [-0.05, 0) is 65.9 Å². The summed E-state index contributed by atoms with van der Waals surface area (Å²) < 4.78 is 11.3. The summed E-state index contributed by atoms with van der Waals surface area (Å²) in [5.41, 5.74) is 1.85. The minimum Gasteiger partial charge on any atom is -0.493 e. The summed E-state index contributed by atoms with van der Waals surface area (Å²) in [5.74, 6) is 0.0846. The molecule has 0 unspecified atom stereocenters.